The molecule has 1 unspecified atom stereocenters. The van der Waals surface area contributed by atoms with Crippen LogP contribution in [0, 0.1) is 0 Å². The highest BCUT2D eigenvalue weighted by Gasteiger charge is 2.24. The van der Waals surface area contributed by atoms with E-state index in [1.54, 1.807) is 42.7 Å². The Bertz CT molecular complexity index is 1040. The normalized spacial score (nSPS) is 15.4. The summed E-state index contributed by atoms with van der Waals surface area (Å²) >= 11 is 0. The van der Waals surface area contributed by atoms with Crippen LogP contribution in [0.2, 0.25) is 0 Å². The van der Waals surface area contributed by atoms with Crippen LogP contribution in [0.4, 0.5) is 0 Å². The zero-order valence-corrected chi connectivity index (χ0v) is 15.9. The summed E-state index contributed by atoms with van der Waals surface area (Å²) in [4.78, 5) is 24.3. The van der Waals surface area contributed by atoms with Gasteiger partial charge in [0.2, 0.25) is 0 Å². The van der Waals surface area contributed by atoms with Gasteiger partial charge in [-0.25, -0.2) is 0 Å². The number of nitrogens with one attached hydrogen (secondary N) is 1. The van der Waals surface area contributed by atoms with E-state index in [9.17, 15) is 9.59 Å². The molecule has 29 heavy (non-hydrogen) atoms. The van der Waals surface area contributed by atoms with Gasteiger partial charge in [0.15, 0.2) is 0 Å². The van der Waals surface area contributed by atoms with Gasteiger partial charge in [0.1, 0.15) is 18.1 Å². The van der Waals surface area contributed by atoms with Crippen molar-refractivity contribution in [1.29, 1.82) is 0 Å². The molecule has 4 rings (SSSR count). The molecular weight excluding hydrogens is 368 g/mol. The summed E-state index contributed by atoms with van der Waals surface area (Å²) in [5, 5.41) is 3.10. The number of ether oxygens (including phenoxy) is 1. The van der Waals surface area contributed by atoms with Gasteiger partial charge in [0.25, 0.3) is 11.8 Å². The fourth-order valence-corrected chi connectivity index (χ4v) is 3.64. The van der Waals surface area contributed by atoms with Crippen molar-refractivity contribution in [2.24, 2.45) is 5.73 Å². The lowest BCUT2D eigenvalue weighted by Gasteiger charge is -2.22. The molecule has 0 bridgehead atoms. The number of carbonyl (C=O) groups excluding carboxylic acids is 2. The van der Waals surface area contributed by atoms with Crippen LogP contribution < -0.4 is 15.8 Å². The van der Waals surface area contributed by atoms with Crippen molar-refractivity contribution in [3.63, 3.8) is 0 Å². The Balaban J connectivity index is 1.44. The minimum Gasteiger partial charge on any atom is -0.488 e. The third-order valence-electron chi connectivity index (χ3n) is 5.09. The van der Waals surface area contributed by atoms with Gasteiger partial charge in [-0.3, -0.25) is 9.59 Å². The van der Waals surface area contributed by atoms with Crippen molar-refractivity contribution in [3.05, 3.63) is 88.9 Å². The van der Waals surface area contributed by atoms with Gasteiger partial charge in [-0.1, -0.05) is 24.3 Å². The van der Waals surface area contributed by atoms with Crippen molar-refractivity contribution in [2.45, 2.75) is 31.9 Å². The van der Waals surface area contributed by atoms with Gasteiger partial charge in [-0.2, -0.15) is 0 Å². The summed E-state index contributed by atoms with van der Waals surface area (Å²) in [7, 11) is 0. The maximum absolute atomic E-state index is 12.8. The predicted molar refractivity (Wildman–Crippen MR) is 108 cm³/mol. The minimum absolute atomic E-state index is 0.0349. The first-order valence-electron chi connectivity index (χ1n) is 9.59. The SMILES string of the molecule is NC(=O)c1ccccc1OCc1cccc(C(=O)NC2CCCc3occc32)c1. The monoisotopic (exact) mass is 390 g/mol. The number of amides is 2. The zero-order chi connectivity index (χ0) is 20.2. The van der Waals surface area contributed by atoms with E-state index in [0.717, 1.165) is 36.1 Å². The van der Waals surface area contributed by atoms with Crippen molar-refractivity contribution in [3.8, 4) is 5.75 Å². The van der Waals surface area contributed by atoms with Crippen LogP contribution in [0.3, 0.4) is 0 Å². The average Bonchev–Trinajstić information content (AvgIpc) is 3.22. The number of rotatable bonds is 6. The molecule has 3 N–H and O–H groups in total. The number of hydrogen-bond acceptors (Lipinski definition) is 4. The quantitative estimate of drug-likeness (QED) is 0.670. The minimum atomic E-state index is -0.542. The molecule has 0 spiro atoms. The molecule has 0 radical (unpaired) electrons. The highest BCUT2D eigenvalue weighted by Crippen LogP contribution is 2.30. The van der Waals surface area contributed by atoms with Crippen LogP contribution in [-0.2, 0) is 13.0 Å². The Hall–Kier alpha value is -3.54. The molecule has 3 aromatic rings. The topological polar surface area (TPSA) is 94.6 Å². The fourth-order valence-electron chi connectivity index (χ4n) is 3.64. The number of nitrogens with two attached hydrogens (primary N) is 1. The summed E-state index contributed by atoms with van der Waals surface area (Å²) in [5.41, 5.74) is 8.16. The molecule has 1 aliphatic rings. The highest BCUT2D eigenvalue weighted by molar-refractivity contribution is 5.95. The number of benzene rings is 2. The molecular formula is C23H22N2O4. The third-order valence-corrected chi connectivity index (χ3v) is 5.09. The van der Waals surface area contributed by atoms with E-state index in [0.29, 0.717) is 16.9 Å². The van der Waals surface area contributed by atoms with Gasteiger partial charge >= 0.3 is 0 Å². The molecule has 0 saturated heterocycles. The summed E-state index contributed by atoms with van der Waals surface area (Å²) in [6, 6.07) is 16.0. The second kappa shape index (κ2) is 8.22. The number of fused-ring (bicyclic) bond motifs is 1. The lowest BCUT2D eigenvalue weighted by molar-refractivity contribution is 0.0931. The predicted octanol–water partition coefficient (Wildman–Crippen LogP) is 3.76. The Kier molecular flexibility index (Phi) is 5.33. The Morgan fingerprint density at radius 2 is 2.00 bits per heavy atom. The maximum atomic E-state index is 12.8. The van der Waals surface area contributed by atoms with E-state index in [2.05, 4.69) is 5.32 Å². The fraction of sp³-hybridized carbons (Fsp3) is 0.217. The Labute approximate surface area is 168 Å². The number of para-hydroxylation sites is 1. The number of hydrogen-bond donors (Lipinski definition) is 2. The standard InChI is InChI=1S/C23H22N2O4/c24-22(26)18-7-1-2-9-21(18)29-14-15-5-3-6-16(13-15)23(27)25-19-8-4-10-20-17(19)11-12-28-20/h1-3,5-7,9,11-13,19H,4,8,10,14H2,(H2,24,26)(H,25,27). The largest absolute Gasteiger partial charge is 0.488 e. The summed E-state index contributed by atoms with van der Waals surface area (Å²) < 4.78 is 11.3. The lowest BCUT2D eigenvalue weighted by atomic mass is 9.93. The van der Waals surface area contributed by atoms with Crippen molar-refractivity contribution >= 4 is 11.8 Å². The molecule has 0 aliphatic heterocycles. The van der Waals surface area contributed by atoms with E-state index in [1.807, 2.05) is 18.2 Å². The van der Waals surface area contributed by atoms with Crippen molar-refractivity contribution < 1.29 is 18.7 Å². The van der Waals surface area contributed by atoms with Crippen molar-refractivity contribution in [1.82, 2.24) is 5.32 Å². The smallest absolute Gasteiger partial charge is 0.252 e. The maximum Gasteiger partial charge on any atom is 0.252 e. The summed E-state index contributed by atoms with van der Waals surface area (Å²) in [6.45, 7) is 0.223. The molecule has 0 fully saturated rings. The first kappa shape index (κ1) is 18.8. The average molecular weight is 390 g/mol. The van der Waals surface area contributed by atoms with Crippen LogP contribution in [0.25, 0.3) is 0 Å². The molecule has 6 heteroatoms. The van der Waals surface area contributed by atoms with Gasteiger partial charge < -0.3 is 20.2 Å². The number of carbonyl (C=O) groups is 2. The molecule has 2 aromatic carbocycles. The van der Waals surface area contributed by atoms with E-state index in [4.69, 9.17) is 14.9 Å². The first-order valence-corrected chi connectivity index (χ1v) is 9.59. The second-order valence-corrected chi connectivity index (χ2v) is 7.07. The van der Waals surface area contributed by atoms with Crippen LogP contribution in [0.1, 0.15) is 56.5 Å². The third kappa shape index (κ3) is 4.16. The molecule has 1 aromatic heterocycles. The number of furan rings is 1. The van der Waals surface area contributed by atoms with Crippen molar-refractivity contribution in [2.75, 3.05) is 0 Å². The van der Waals surface area contributed by atoms with Crippen LogP contribution in [-0.4, -0.2) is 11.8 Å². The van der Waals surface area contributed by atoms with Gasteiger partial charge in [-0.05, 0) is 48.7 Å². The molecule has 148 valence electrons. The Morgan fingerprint density at radius 1 is 1.14 bits per heavy atom. The van der Waals surface area contributed by atoms with Gasteiger partial charge in [0.05, 0.1) is 17.9 Å². The molecule has 2 amide bonds. The van der Waals surface area contributed by atoms with Crippen LogP contribution in [0.15, 0.2) is 65.3 Å². The van der Waals surface area contributed by atoms with E-state index >= 15 is 0 Å². The van der Waals surface area contributed by atoms with Gasteiger partial charge in [-0.15, -0.1) is 0 Å². The lowest BCUT2D eigenvalue weighted by Crippen LogP contribution is -2.30. The van der Waals surface area contributed by atoms with Gasteiger partial charge in [0, 0.05) is 17.5 Å². The van der Waals surface area contributed by atoms with Crippen LogP contribution >= 0.6 is 0 Å². The Morgan fingerprint density at radius 3 is 2.86 bits per heavy atom. The molecule has 1 atom stereocenters. The zero-order valence-electron chi connectivity index (χ0n) is 15.9. The highest BCUT2D eigenvalue weighted by atomic mass is 16.5. The second-order valence-electron chi connectivity index (χ2n) is 7.07. The summed E-state index contributed by atoms with van der Waals surface area (Å²) in [5.74, 6) is 0.699. The first-order chi connectivity index (χ1) is 14.1. The van der Waals surface area contributed by atoms with E-state index in [-0.39, 0.29) is 18.6 Å². The molecule has 6 nitrogen and oxygen atoms in total. The van der Waals surface area contributed by atoms with E-state index < -0.39 is 5.91 Å². The number of aryl methyl sites for hydroxylation is 1. The molecule has 1 aliphatic carbocycles. The number of primary amides is 1. The molecule has 0 saturated carbocycles. The summed E-state index contributed by atoms with van der Waals surface area (Å²) in [6.07, 6.45) is 4.47. The van der Waals surface area contributed by atoms with E-state index in [1.165, 1.54) is 0 Å². The molecule has 1 heterocycles. The van der Waals surface area contributed by atoms with Crippen LogP contribution in [0.5, 0.6) is 5.75 Å².